The lowest BCUT2D eigenvalue weighted by molar-refractivity contribution is 0.297. The van der Waals surface area contributed by atoms with E-state index in [4.69, 9.17) is 4.74 Å². The number of aromatic nitrogens is 2. The summed E-state index contributed by atoms with van der Waals surface area (Å²) in [5, 5.41) is 8.45. The van der Waals surface area contributed by atoms with Gasteiger partial charge < -0.3 is 10.1 Å². The van der Waals surface area contributed by atoms with Crippen LogP contribution in [-0.4, -0.2) is 16.1 Å². The topological polar surface area (TPSA) is 47.0 Å². The summed E-state index contributed by atoms with van der Waals surface area (Å²) < 4.78 is 9.88. The van der Waals surface area contributed by atoms with Crippen LogP contribution in [0.25, 0.3) is 0 Å². The minimum atomic E-state index is 0.453. The summed E-state index contributed by atoms with van der Waals surface area (Å²) in [5.74, 6) is 0.942. The number of nitrogens with zero attached hydrogens (tertiary/aromatic N) is 2. The monoisotopic (exact) mass is 277 g/mol. The van der Waals surface area contributed by atoms with Gasteiger partial charge in [0.2, 0.25) is 0 Å². The first-order valence-electron chi connectivity index (χ1n) is 6.46. The molecular weight excluding hydrogens is 258 g/mol. The van der Waals surface area contributed by atoms with Crippen LogP contribution < -0.4 is 10.1 Å². The van der Waals surface area contributed by atoms with Gasteiger partial charge in [0.05, 0.1) is 0 Å². The molecule has 102 valence electrons. The van der Waals surface area contributed by atoms with Crippen LogP contribution >= 0.6 is 11.5 Å². The zero-order valence-electron chi connectivity index (χ0n) is 11.6. The Balaban J connectivity index is 2.04. The van der Waals surface area contributed by atoms with E-state index in [0.29, 0.717) is 6.61 Å². The maximum absolute atomic E-state index is 5.90. The molecule has 2 aromatic rings. The van der Waals surface area contributed by atoms with E-state index in [1.807, 2.05) is 6.07 Å². The molecule has 19 heavy (non-hydrogen) atoms. The summed E-state index contributed by atoms with van der Waals surface area (Å²) in [6.45, 7) is 7.62. The number of aryl methyl sites for hydroxylation is 2. The zero-order valence-corrected chi connectivity index (χ0v) is 12.4. The van der Waals surface area contributed by atoms with Gasteiger partial charge in [0.1, 0.15) is 23.1 Å². The van der Waals surface area contributed by atoms with Crippen LogP contribution in [0.4, 0.5) is 5.00 Å². The lowest BCUT2D eigenvalue weighted by Gasteiger charge is -2.11. The van der Waals surface area contributed by atoms with E-state index in [1.165, 1.54) is 11.5 Å². The maximum atomic E-state index is 5.90. The molecule has 1 aromatic heterocycles. The van der Waals surface area contributed by atoms with Gasteiger partial charge in [-0.25, -0.2) is 0 Å². The van der Waals surface area contributed by atoms with Crippen LogP contribution in [0.2, 0.25) is 0 Å². The molecule has 2 rings (SSSR count). The fourth-order valence-corrected chi connectivity index (χ4v) is 2.44. The molecule has 0 atom stereocenters. The number of hydrogen-bond acceptors (Lipinski definition) is 5. The molecule has 0 unspecified atom stereocenters. The molecule has 0 aliphatic rings. The highest BCUT2D eigenvalue weighted by atomic mass is 32.1. The van der Waals surface area contributed by atoms with Crippen molar-refractivity contribution in [2.45, 2.75) is 33.8 Å². The Kier molecular flexibility index (Phi) is 4.74. The Morgan fingerprint density at radius 2 is 2.00 bits per heavy atom. The summed E-state index contributed by atoms with van der Waals surface area (Å²) >= 11 is 1.38. The van der Waals surface area contributed by atoms with Crippen molar-refractivity contribution < 1.29 is 4.74 Å². The van der Waals surface area contributed by atoms with Crippen LogP contribution in [0.3, 0.4) is 0 Å². The van der Waals surface area contributed by atoms with Crippen molar-refractivity contribution in [1.29, 1.82) is 0 Å². The molecule has 0 aliphatic carbocycles. The largest absolute Gasteiger partial charge is 0.487 e. The Morgan fingerprint density at radius 3 is 2.68 bits per heavy atom. The number of hydrogen-bond donors (Lipinski definition) is 1. The van der Waals surface area contributed by atoms with Gasteiger partial charge in [0.25, 0.3) is 0 Å². The van der Waals surface area contributed by atoms with Crippen LogP contribution in [0.5, 0.6) is 5.75 Å². The fourth-order valence-electron chi connectivity index (χ4n) is 1.84. The van der Waals surface area contributed by atoms with E-state index >= 15 is 0 Å². The second-order valence-corrected chi connectivity index (χ2v) is 5.24. The van der Waals surface area contributed by atoms with Crippen molar-refractivity contribution >= 4 is 16.5 Å². The number of para-hydroxylation sites is 1. The van der Waals surface area contributed by atoms with E-state index in [-0.39, 0.29) is 0 Å². The molecule has 0 spiro atoms. The number of nitrogens with one attached hydrogen (secondary N) is 1. The molecule has 4 nitrogen and oxygen atoms in total. The van der Waals surface area contributed by atoms with Crippen molar-refractivity contribution in [3.05, 3.63) is 35.0 Å². The third-order valence-electron chi connectivity index (χ3n) is 2.85. The quantitative estimate of drug-likeness (QED) is 0.877. The average molecular weight is 277 g/mol. The van der Waals surface area contributed by atoms with Gasteiger partial charge >= 0.3 is 0 Å². The van der Waals surface area contributed by atoms with Crippen LogP contribution in [0.1, 0.15) is 30.2 Å². The Morgan fingerprint density at radius 1 is 1.26 bits per heavy atom. The SMILES string of the molecule is CCCNc1snnc1COc1c(C)cccc1C. The minimum absolute atomic E-state index is 0.453. The van der Waals surface area contributed by atoms with Gasteiger partial charge in [0, 0.05) is 18.1 Å². The first-order chi connectivity index (χ1) is 9.22. The summed E-state index contributed by atoms with van der Waals surface area (Å²) in [7, 11) is 0. The summed E-state index contributed by atoms with van der Waals surface area (Å²) in [6, 6.07) is 6.14. The van der Waals surface area contributed by atoms with Crippen molar-refractivity contribution in [1.82, 2.24) is 9.59 Å². The Bertz CT molecular complexity index is 519. The highest BCUT2D eigenvalue weighted by Gasteiger charge is 2.10. The van der Waals surface area contributed by atoms with Gasteiger partial charge in [-0.05, 0) is 31.4 Å². The second kappa shape index (κ2) is 6.52. The lowest BCUT2D eigenvalue weighted by Crippen LogP contribution is -2.04. The molecule has 1 aromatic carbocycles. The average Bonchev–Trinajstić information content (AvgIpc) is 2.83. The number of benzene rings is 1. The first-order valence-corrected chi connectivity index (χ1v) is 7.23. The van der Waals surface area contributed by atoms with Gasteiger partial charge in [-0.3, -0.25) is 0 Å². The Labute approximate surface area is 118 Å². The highest BCUT2D eigenvalue weighted by Crippen LogP contribution is 2.25. The van der Waals surface area contributed by atoms with Crippen LogP contribution in [0, 0.1) is 13.8 Å². The molecule has 0 aliphatic heterocycles. The lowest BCUT2D eigenvalue weighted by atomic mass is 10.1. The van der Waals surface area contributed by atoms with Gasteiger partial charge in [0.15, 0.2) is 0 Å². The molecule has 0 bridgehead atoms. The molecule has 1 heterocycles. The minimum Gasteiger partial charge on any atom is -0.487 e. The molecule has 5 heteroatoms. The van der Waals surface area contributed by atoms with E-state index in [1.54, 1.807) is 0 Å². The summed E-state index contributed by atoms with van der Waals surface area (Å²) in [6.07, 6.45) is 1.08. The van der Waals surface area contributed by atoms with Crippen LogP contribution in [0.15, 0.2) is 18.2 Å². The van der Waals surface area contributed by atoms with E-state index in [2.05, 4.69) is 47.8 Å². The third kappa shape index (κ3) is 3.44. The predicted octanol–water partition coefficient (Wildman–Crippen LogP) is 3.56. The predicted molar refractivity (Wildman–Crippen MR) is 78.9 cm³/mol. The molecule has 0 radical (unpaired) electrons. The smallest absolute Gasteiger partial charge is 0.136 e. The Hall–Kier alpha value is -1.62. The number of rotatable bonds is 6. The van der Waals surface area contributed by atoms with Crippen molar-refractivity contribution in [2.75, 3.05) is 11.9 Å². The fraction of sp³-hybridized carbons (Fsp3) is 0.429. The number of ether oxygens (including phenoxy) is 1. The molecule has 0 amide bonds. The van der Waals surface area contributed by atoms with E-state index < -0.39 is 0 Å². The van der Waals surface area contributed by atoms with Crippen molar-refractivity contribution in [3.63, 3.8) is 0 Å². The molecular formula is C14H19N3OS. The molecule has 0 saturated heterocycles. The van der Waals surface area contributed by atoms with E-state index in [0.717, 1.165) is 40.5 Å². The molecule has 0 saturated carbocycles. The van der Waals surface area contributed by atoms with Gasteiger partial charge in [-0.15, -0.1) is 5.10 Å². The van der Waals surface area contributed by atoms with Crippen molar-refractivity contribution in [2.24, 2.45) is 0 Å². The van der Waals surface area contributed by atoms with E-state index in [9.17, 15) is 0 Å². The molecule has 0 fully saturated rings. The number of anilines is 1. The standard InChI is InChI=1S/C14H19N3OS/c1-4-8-15-14-12(16-17-19-14)9-18-13-10(2)6-5-7-11(13)3/h5-7,15H,4,8-9H2,1-3H3. The van der Waals surface area contributed by atoms with Gasteiger partial charge in [-0.2, -0.15) is 0 Å². The van der Waals surface area contributed by atoms with Crippen LogP contribution in [-0.2, 0) is 6.61 Å². The maximum Gasteiger partial charge on any atom is 0.136 e. The zero-order chi connectivity index (χ0) is 13.7. The molecule has 1 N–H and O–H groups in total. The highest BCUT2D eigenvalue weighted by molar-refractivity contribution is 7.10. The third-order valence-corrected chi connectivity index (χ3v) is 3.58. The summed E-state index contributed by atoms with van der Waals surface area (Å²) in [4.78, 5) is 0. The van der Waals surface area contributed by atoms with Gasteiger partial charge in [-0.1, -0.05) is 29.6 Å². The normalized spacial score (nSPS) is 10.5. The summed E-state index contributed by atoms with van der Waals surface area (Å²) in [5.41, 5.74) is 3.17. The second-order valence-electron chi connectivity index (χ2n) is 4.49. The first kappa shape index (κ1) is 13.8. The van der Waals surface area contributed by atoms with Crippen molar-refractivity contribution in [3.8, 4) is 5.75 Å².